The second-order valence-corrected chi connectivity index (χ2v) is 13.4. The monoisotopic (exact) mass is 645 g/mol. The molecular formula is C42H76O4. The summed E-state index contributed by atoms with van der Waals surface area (Å²) < 4.78 is 5.32. The van der Waals surface area contributed by atoms with Crippen LogP contribution in [0.25, 0.3) is 0 Å². The molecule has 0 radical (unpaired) electrons. The molecule has 0 bridgehead atoms. The van der Waals surface area contributed by atoms with Crippen LogP contribution in [-0.4, -0.2) is 23.1 Å². The Morgan fingerprint density at radius 1 is 0.500 bits per heavy atom. The average Bonchev–Trinajstić information content (AvgIpc) is 3.05. The number of unbranched alkanes of at least 4 members (excludes halogenated alkanes) is 24. The lowest BCUT2D eigenvalue weighted by molar-refractivity contribution is -0.164. The molecule has 0 aromatic heterocycles. The van der Waals surface area contributed by atoms with Crippen molar-refractivity contribution in [2.45, 2.75) is 219 Å². The van der Waals surface area contributed by atoms with Crippen LogP contribution < -0.4 is 0 Å². The molecule has 268 valence electrons. The highest BCUT2D eigenvalue weighted by atomic mass is 16.6. The number of carboxylic acids is 1. The zero-order chi connectivity index (χ0) is 33.6. The Labute approximate surface area is 286 Å². The summed E-state index contributed by atoms with van der Waals surface area (Å²) in [4.78, 5) is 23.8. The van der Waals surface area contributed by atoms with Gasteiger partial charge in [-0.15, -0.1) is 0 Å². The molecule has 0 heterocycles. The number of rotatable bonds is 36. The van der Waals surface area contributed by atoms with Gasteiger partial charge in [-0.3, -0.25) is 4.79 Å². The minimum absolute atomic E-state index is 0.335. The normalized spacial score (nSPS) is 12.6. The van der Waals surface area contributed by atoms with E-state index in [9.17, 15) is 14.7 Å². The highest BCUT2D eigenvalue weighted by Crippen LogP contribution is 2.16. The summed E-state index contributed by atoms with van der Waals surface area (Å²) in [6, 6.07) is 0. The molecule has 1 atom stereocenters. The third-order valence-corrected chi connectivity index (χ3v) is 8.90. The topological polar surface area (TPSA) is 63.6 Å². The molecule has 1 N–H and O–H groups in total. The summed E-state index contributed by atoms with van der Waals surface area (Å²) in [5, 5.41) is 9.50. The predicted molar refractivity (Wildman–Crippen MR) is 199 cm³/mol. The highest BCUT2D eigenvalue weighted by Gasteiger charge is 2.21. The van der Waals surface area contributed by atoms with Gasteiger partial charge in [0.15, 0.2) is 6.10 Å². The van der Waals surface area contributed by atoms with Crippen LogP contribution in [0.15, 0.2) is 36.5 Å². The van der Waals surface area contributed by atoms with Crippen molar-refractivity contribution >= 4 is 11.9 Å². The molecule has 46 heavy (non-hydrogen) atoms. The number of carboxylic acid groups (broad SMARTS) is 1. The van der Waals surface area contributed by atoms with Crippen LogP contribution in [0.2, 0.25) is 0 Å². The van der Waals surface area contributed by atoms with Gasteiger partial charge in [0.25, 0.3) is 0 Å². The van der Waals surface area contributed by atoms with E-state index >= 15 is 0 Å². The summed E-state index contributed by atoms with van der Waals surface area (Å²) in [6.45, 7) is 4.44. The maximum Gasteiger partial charge on any atom is 0.345 e. The molecule has 0 spiro atoms. The van der Waals surface area contributed by atoms with Gasteiger partial charge in [-0.2, -0.15) is 0 Å². The maximum absolute atomic E-state index is 12.2. The van der Waals surface area contributed by atoms with Crippen molar-refractivity contribution in [1.29, 1.82) is 0 Å². The Morgan fingerprint density at radius 3 is 1.35 bits per heavy atom. The van der Waals surface area contributed by atoms with E-state index in [4.69, 9.17) is 4.74 Å². The quantitative estimate of drug-likeness (QED) is 0.0419. The van der Waals surface area contributed by atoms with E-state index in [2.05, 4.69) is 50.3 Å². The van der Waals surface area contributed by atoms with E-state index in [1.165, 1.54) is 128 Å². The van der Waals surface area contributed by atoms with Gasteiger partial charge in [0.05, 0.1) is 0 Å². The third kappa shape index (κ3) is 35.0. The molecule has 0 saturated heterocycles. The highest BCUT2D eigenvalue weighted by molar-refractivity contribution is 5.77. The van der Waals surface area contributed by atoms with Gasteiger partial charge in [-0.05, 0) is 51.4 Å². The van der Waals surface area contributed by atoms with Crippen molar-refractivity contribution in [3.05, 3.63) is 36.5 Å². The van der Waals surface area contributed by atoms with Crippen LogP contribution in [0.1, 0.15) is 213 Å². The van der Waals surface area contributed by atoms with Crippen molar-refractivity contribution < 1.29 is 19.4 Å². The molecule has 0 aromatic carbocycles. The Morgan fingerprint density at radius 2 is 0.891 bits per heavy atom. The van der Waals surface area contributed by atoms with E-state index in [-0.39, 0.29) is 5.97 Å². The number of carbonyl (C=O) groups is 2. The molecule has 0 aromatic rings. The summed E-state index contributed by atoms with van der Waals surface area (Å²) in [5.41, 5.74) is 0. The van der Waals surface area contributed by atoms with Crippen molar-refractivity contribution in [2.24, 2.45) is 0 Å². The van der Waals surface area contributed by atoms with E-state index < -0.39 is 12.1 Å². The second-order valence-electron chi connectivity index (χ2n) is 13.4. The predicted octanol–water partition coefficient (Wildman–Crippen LogP) is 13.8. The SMILES string of the molecule is CC/C=C\C/C=C\C/C=C\CCCCCCCCCCCC(=O)OC(CCCCCCCCCCCCCCCCCC)C(=O)O. The Kier molecular flexibility index (Phi) is 36.1. The Balaban J connectivity index is 3.54. The van der Waals surface area contributed by atoms with Crippen LogP contribution in [0.5, 0.6) is 0 Å². The standard InChI is InChI=1S/C42H76O4/c1-3-5-7-9-11-13-15-17-19-21-22-23-25-27-29-31-33-35-37-39-41(43)46-40(42(44)45)38-36-34-32-30-28-26-24-20-18-16-14-12-10-8-6-4-2/h5,7,11,13,17,19,40H,3-4,6,8-10,12,14-16,18,20-39H2,1-2H3,(H,44,45)/b7-5-,13-11-,19-17-. The molecule has 0 aliphatic heterocycles. The Hall–Kier alpha value is -1.84. The van der Waals surface area contributed by atoms with Crippen molar-refractivity contribution in [3.8, 4) is 0 Å². The maximum atomic E-state index is 12.2. The van der Waals surface area contributed by atoms with Gasteiger partial charge >= 0.3 is 11.9 Å². The van der Waals surface area contributed by atoms with Gasteiger partial charge in [0, 0.05) is 6.42 Å². The van der Waals surface area contributed by atoms with Gasteiger partial charge < -0.3 is 9.84 Å². The van der Waals surface area contributed by atoms with Crippen molar-refractivity contribution in [2.75, 3.05) is 0 Å². The molecule has 0 rings (SSSR count). The van der Waals surface area contributed by atoms with E-state index in [1.807, 2.05) is 0 Å². The first kappa shape index (κ1) is 44.2. The number of hydrogen-bond donors (Lipinski definition) is 1. The summed E-state index contributed by atoms with van der Waals surface area (Å²) in [6.07, 6.45) is 49.0. The fraction of sp³-hybridized carbons (Fsp3) is 0.810. The lowest BCUT2D eigenvalue weighted by atomic mass is 10.0. The molecule has 0 fully saturated rings. The molecule has 0 aliphatic rings. The van der Waals surface area contributed by atoms with Gasteiger partial charge in [-0.25, -0.2) is 4.79 Å². The van der Waals surface area contributed by atoms with Crippen molar-refractivity contribution in [3.63, 3.8) is 0 Å². The van der Waals surface area contributed by atoms with Crippen LogP contribution in [-0.2, 0) is 14.3 Å². The fourth-order valence-electron chi connectivity index (χ4n) is 5.92. The van der Waals surface area contributed by atoms with Crippen molar-refractivity contribution in [1.82, 2.24) is 0 Å². The van der Waals surface area contributed by atoms with E-state index in [0.29, 0.717) is 12.8 Å². The minimum Gasteiger partial charge on any atom is -0.479 e. The van der Waals surface area contributed by atoms with Crippen LogP contribution in [0.3, 0.4) is 0 Å². The molecular weight excluding hydrogens is 568 g/mol. The van der Waals surface area contributed by atoms with E-state index in [1.54, 1.807) is 0 Å². The van der Waals surface area contributed by atoms with Crippen LogP contribution in [0, 0.1) is 0 Å². The zero-order valence-corrected chi connectivity index (χ0v) is 30.6. The molecule has 4 nitrogen and oxygen atoms in total. The smallest absolute Gasteiger partial charge is 0.345 e. The fourth-order valence-corrected chi connectivity index (χ4v) is 5.92. The lowest BCUT2D eigenvalue weighted by Crippen LogP contribution is -2.27. The zero-order valence-electron chi connectivity index (χ0n) is 30.6. The third-order valence-electron chi connectivity index (χ3n) is 8.90. The number of esters is 1. The largest absolute Gasteiger partial charge is 0.479 e. The van der Waals surface area contributed by atoms with Gasteiger partial charge in [-0.1, -0.05) is 192 Å². The molecule has 0 saturated carbocycles. The first-order valence-electron chi connectivity index (χ1n) is 20.0. The van der Waals surface area contributed by atoms with Crippen LogP contribution in [0.4, 0.5) is 0 Å². The summed E-state index contributed by atoms with van der Waals surface area (Å²) in [5.74, 6) is -1.35. The Bertz CT molecular complexity index is 738. The first-order chi connectivity index (χ1) is 22.6. The first-order valence-corrected chi connectivity index (χ1v) is 20.0. The summed E-state index contributed by atoms with van der Waals surface area (Å²) in [7, 11) is 0. The number of allylic oxidation sites excluding steroid dienone is 6. The van der Waals surface area contributed by atoms with E-state index in [0.717, 1.165) is 57.8 Å². The molecule has 1 unspecified atom stereocenters. The molecule has 0 aliphatic carbocycles. The average molecular weight is 645 g/mol. The number of hydrogen-bond acceptors (Lipinski definition) is 3. The molecule has 4 heteroatoms. The minimum atomic E-state index is -1.01. The second kappa shape index (κ2) is 37.6. The van der Waals surface area contributed by atoms with Gasteiger partial charge in [0.2, 0.25) is 0 Å². The number of aliphatic carboxylic acids is 1. The number of carbonyl (C=O) groups excluding carboxylic acids is 1. The molecule has 0 amide bonds. The van der Waals surface area contributed by atoms with Gasteiger partial charge in [0.1, 0.15) is 0 Å². The lowest BCUT2D eigenvalue weighted by Gasteiger charge is -2.13. The van der Waals surface area contributed by atoms with Crippen LogP contribution >= 0.6 is 0 Å². The summed E-state index contributed by atoms with van der Waals surface area (Å²) >= 11 is 0. The number of ether oxygens (including phenoxy) is 1.